The number of rotatable bonds is 4. The van der Waals surface area contributed by atoms with E-state index in [1.807, 2.05) is 13.8 Å². The molecule has 1 aliphatic rings. The van der Waals surface area contributed by atoms with Crippen LogP contribution in [0.15, 0.2) is 36.4 Å². The molecule has 0 saturated carbocycles. The van der Waals surface area contributed by atoms with E-state index in [1.54, 1.807) is 44.2 Å². The van der Waals surface area contributed by atoms with E-state index in [0.717, 1.165) is 5.01 Å². The molecule has 1 aliphatic heterocycles. The molecule has 1 N–H and O–H groups in total. The van der Waals surface area contributed by atoms with E-state index in [4.69, 9.17) is 4.74 Å². The van der Waals surface area contributed by atoms with E-state index in [9.17, 15) is 18.0 Å². The van der Waals surface area contributed by atoms with Crippen LogP contribution in [0.1, 0.15) is 45.7 Å². The van der Waals surface area contributed by atoms with Gasteiger partial charge in [-0.3, -0.25) is 10.2 Å². The average molecular weight is 380 g/mol. The summed E-state index contributed by atoms with van der Waals surface area (Å²) in [5.41, 5.74) is 1.49. The number of halogens is 3. The zero-order valence-electron chi connectivity index (χ0n) is 15.7. The first-order valence-electron chi connectivity index (χ1n) is 8.84. The molecule has 3 rings (SSSR count). The molecule has 1 unspecified atom stereocenters. The zero-order valence-corrected chi connectivity index (χ0v) is 15.7. The molecule has 27 heavy (non-hydrogen) atoms. The van der Waals surface area contributed by atoms with Crippen molar-refractivity contribution >= 4 is 16.7 Å². The highest BCUT2D eigenvalue weighted by molar-refractivity contribution is 5.88. The second-order valence-electron chi connectivity index (χ2n) is 7.74. The minimum atomic E-state index is -4.59. The van der Waals surface area contributed by atoms with E-state index < -0.39 is 23.7 Å². The third-order valence-electron chi connectivity index (χ3n) is 4.59. The number of hydrogen-bond acceptors (Lipinski definition) is 3. The fourth-order valence-electron chi connectivity index (χ4n) is 3.56. The standard InChI is InChI=1S/C20H23F3N2O2/c1-12(2)27-14-9-13-7-5-6-8-15(13)16(10-14)18(20(21,22)23)25-19(3,4)11-17(26)24-25/h5-10,12,18H,11H2,1-4H3,(H,24,26). The third kappa shape index (κ3) is 3.88. The van der Waals surface area contributed by atoms with Gasteiger partial charge in [0, 0.05) is 12.0 Å². The fourth-order valence-corrected chi connectivity index (χ4v) is 3.56. The molecular weight excluding hydrogens is 357 g/mol. The van der Waals surface area contributed by atoms with Crippen molar-refractivity contribution in [3.63, 3.8) is 0 Å². The fraction of sp³-hybridized carbons (Fsp3) is 0.450. The molecule has 2 aromatic rings. The first-order valence-corrected chi connectivity index (χ1v) is 8.84. The second-order valence-corrected chi connectivity index (χ2v) is 7.74. The Hall–Kier alpha value is -2.28. The molecule has 1 fully saturated rings. The van der Waals surface area contributed by atoms with Crippen LogP contribution >= 0.6 is 0 Å². The van der Waals surface area contributed by atoms with Gasteiger partial charge in [0.05, 0.1) is 6.10 Å². The summed E-state index contributed by atoms with van der Waals surface area (Å²) in [6.45, 7) is 6.89. The number of carbonyl (C=O) groups excluding carboxylic acids is 1. The summed E-state index contributed by atoms with van der Waals surface area (Å²) >= 11 is 0. The quantitative estimate of drug-likeness (QED) is 0.833. The lowest BCUT2D eigenvalue weighted by Crippen LogP contribution is -2.51. The smallest absolute Gasteiger partial charge is 0.409 e. The van der Waals surface area contributed by atoms with Gasteiger partial charge >= 0.3 is 6.18 Å². The lowest BCUT2D eigenvalue weighted by Gasteiger charge is -2.38. The predicted octanol–water partition coefficient (Wildman–Crippen LogP) is 4.75. The van der Waals surface area contributed by atoms with Crippen LogP contribution < -0.4 is 10.2 Å². The van der Waals surface area contributed by atoms with Gasteiger partial charge in [-0.25, -0.2) is 0 Å². The Bertz CT molecular complexity index is 862. The zero-order chi connectivity index (χ0) is 20.0. The molecule has 146 valence electrons. The highest BCUT2D eigenvalue weighted by Crippen LogP contribution is 2.45. The molecule has 4 nitrogen and oxygen atoms in total. The number of ether oxygens (including phenoxy) is 1. The predicted molar refractivity (Wildman–Crippen MR) is 97.2 cm³/mol. The minimum Gasteiger partial charge on any atom is -0.491 e. The molecule has 0 bridgehead atoms. The molecule has 1 saturated heterocycles. The maximum Gasteiger partial charge on any atom is 0.409 e. The van der Waals surface area contributed by atoms with Crippen molar-refractivity contribution in [2.75, 3.05) is 0 Å². The van der Waals surface area contributed by atoms with Crippen molar-refractivity contribution in [3.05, 3.63) is 42.0 Å². The van der Waals surface area contributed by atoms with Crippen LogP contribution in [0.3, 0.4) is 0 Å². The lowest BCUT2D eigenvalue weighted by molar-refractivity contribution is -0.203. The van der Waals surface area contributed by atoms with E-state index in [1.165, 1.54) is 6.07 Å². The summed E-state index contributed by atoms with van der Waals surface area (Å²) in [6.07, 6.45) is -4.76. The van der Waals surface area contributed by atoms with Crippen LogP contribution in [0, 0.1) is 0 Å². The van der Waals surface area contributed by atoms with Gasteiger partial charge in [0.2, 0.25) is 5.91 Å². The summed E-state index contributed by atoms with van der Waals surface area (Å²) in [6, 6.07) is 8.08. The number of benzene rings is 2. The van der Waals surface area contributed by atoms with Gasteiger partial charge in [-0.05, 0) is 56.2 Å². The molecule has 0 aromatic heterocycles. The van der Waals surface area contributed by atoms with E-state index in [2.05, 4.69) is 5.43 Å². The molecule has 0 spiro atoms. The Morgan fingerprint density at radius 3 is 2.41 bits per heavy atom. The summed E-state index contributed by atoms with van der Waals surface area (Å²) in [5.74, 6) is -0.0515. The second kappa shape index (κ2) is 6.71. The Balaban J connectivity index is 2.23. The van der Waals surface area contributed by atoms with Gasteiger partial charge in [0.1, 0.15) is 5.75 Å². The molecule has 1 atom stereocenters. The first kappa shape index (κ1) is 19.5. The van der Waals surface area contributed by atoms with Crippen LogP contribution in [0.4, 0.5) is 13.2 Å². The maximum absolute atomic E-state index is 14.2. The van der Waals surface area contributed by atoms with Crippen molar-refractivity contribution in [1.29, 1.82) is 0 Å². The van der Waals surface area contributed by atoms with Crippen LogP contribution in [0.25, 0.3) is 10.8 Å². The van der Waals surface area contributed by atoms with E-state index >= 15 is 0 Å². The number of nitrogens with one attached hydrogen (secondary N) is 1. The number of hydrogen-bond donors (Lipinski definition) is 1. The summed E-state index contributed by atoms with van der Waals surface area (Å²) in [4.78, 5) is 11.9. The van der Waals surface area contributed by atoms with Gasteiger partial charge in [-0.1, -0.05) is 24.3 Å². The van der Waals surface area contributed by atoms with Crippen LogP contribution in [0.2, 0.25) is 0 Å². The molecule has 0 radical (unpaired) electrons. The monoisotopic (exact) mass is 380 g/mol. The number of carbonyl (C=O) groups is 1. The third-order valence-corrected chi connectivity index (χ3v) is 4.59. The molecule has 1 heterocycles. The molecule has 0 aliphatic carbocycles. The summed E-state index contributed by atoms with van der Waals surface area (Å²) < 4.78 is 48.3. The Morgan fingerprint density at radius 1 is 1.19 bits per heavy atom. The topological polar surface area (TPSA) is 41.6 Å². The van der Waals surface area contributed by atoms with Crippen molar-refractivity contribution in [1.82, 2.24) is 10.4 Å². The largest absolute Gasteiger partial charge is 0.491 e. The maximum atomic E-state index is 14.2. The van der Waals surface area contributed by atoms with Crippen LogP contribution in [-0.4, -0.2) is 28.7 Å². The molecule has 1 amide bonds. The Labute approximate surface area is 156 Å². The Kier molecular flexibility index (Phi) is 4.84. The molecule has 7 heteroatoms. The first-order chi connectivity index (χ1) is 12.5. The number of alkyl halides is 3. The van der Waals surface area contributed by atoms with Crippen molar-refractivity contribution in [2.45, 2.75) is 58.0 Å². The number of fused-ring (bicyclic) bond motifs is 1. The number of hydrazine groups is 1. The SMILES string of the molecule is CC(C)Oc1cc(C(N2NC(=O)CC2(C)C)C(F)(F)F)c2ccccc2c1. The minimum absolute atomic E-state index is 0.000300. The highest BCUT2D eigenvalue weighted by atomic mass is 19.4. The number of amides is 1. The normalized spacial score (nSPS) is 18.7. The van der Waals surface area contributed by atoms with Crippen molar-refractivity contribution in [3.8, 4) is 5.75 Å². The molecule has 2 aromatic carbocycles. The van der Waals surface area contributed by atoms with Gasteiger partial charge in [0.25, 0.3) is 0 Å². The lowest BCUT2D eigenvalue weighted by atomic mass is 9.93. The van der Waals surface area contributed by atoms with Gasteiger partial charge in [-0.2, -0.15) is 18.2 Å². The van der Waals surface area contributed by atoms with Crippen molar-refractivity contribution in [2.24, 2.45) is 0 Å². The van der Waals surface area contributed by atoms with Gasteiger partial charge < -0.3 is 4.74 Å². The van der Waals surface area contributed by atoms with Gasteiger partial charge in [-0.15, -0.1) is 0 Å². The van der Waals surface area contributed by atoms with E-state index in [-0.39, 0.29) is 18.1 Å². The van der Waals surface area contributed by atoms with E-state index in [0.29, 0.717) is 16.5 Å². The highest BCUT2D eigenvalue weighted by Gasteiger charge is 2.53. The van der Waals surface area contributed by atoms with Crippen LogP contribution in [0.5, 0.6) is 5.75 Å². The van der Waals surface area contributed by atoms with Crippen LogP contribution in [-0.2, 0) is 4.79 Å². The summed E-state index contributed by atoms with van der Waals surface area (Å²) in [7, 11) is 0. The Morgan fingerprint density at radius 2 is 1.85 bits per heavy atom. The number of nitrogens with zero attached hydrogens (tertiary/aromatic N) is 1. The molecular formula is C20H23F3N2O2. The van der Waals surface area contributed by atoms with Crippen molar-refractivity contribution < 1.29 is 22.7 Å². The summed E-state index contributed by atoms with van der Waals surface area (Å²) in [5, 5.41) is 2.16. The average Bonchev–Trinajstić information content (AvgIpc) is 2.78. The van der Waals surface area contributed by atoms with Gasteiger partial charge in [0.15, 0.2) is 6.04 Å².